The highest BCUT2D eigenvalue weighted by atomic mass is 19.1. The quantitative estimate of drug-likeness (QED) is 0.183. The van der Waals surface area contributed by atoms with Gasteiger partial charge in [-0.05, 0) is 71.1 Å². The van der Waals surface area contributed by atoms with Gasteiger partial charge in [0.05, 0.1) is 5.71 Å². The maximum atomic E-state index is 13.8. The Morgan fingerprint density at radius 2 is 1.83 bits per heavy atom. The van der Waals surface area contributed by atoms with Gasteiger partial charge in [-0.2, -0.15) is 0 Å². The van der Waals surface area contributed by atoms with Gasteiger partial charge in [-0.15, -0.1) is 0 Å². The number of hydrogen-bond donors (Lipinski definition) is 1. The molecule has 6 heteroatoms. The first kappa shape index (κ1) is 36.2. The Morgan fingerprint density at radius 1 is 1.17 bits per heavy atom. The molecule has 1 aromatic rings. The molecule has 1 N–H and O–H groups in total. The lowest BCUT2D eigenvalue weighted by molar-refractivity contribution is 0.223. The van der Waals surface area contributed by atoms with Crippen molar-refractivity contribution in [3.63, 3.8) is 0 Å². The van der Waals surface area contributed by atoms with E-state index in [4.69, 9.17) is 9.98 Å². The van der Waals surface area contributed by atoms with Gasteiger partial charge in [-0.3, -0.25) is 9.98 Å². The summed E-state index contributed by atoms with van der Waals surface area (Å²) in [6, 6.07) is 4.10. The Labute approximate surface area is 250 Å². The van der Waals surface area contributed by atoms with Crippen molar-refractivity contribution < 1.29 is 10.2 Å². The third-order valence-corrected chi connectivity index (χ3v) is 7.29. The molecule has 0 bridgehead atoms. The summed E-state index contributed by atoms with van der Waals surface area (Å²) in [5.74, 6) is -0.958. The van der Waals surface area contributed by atoms with Gasteiger partial charge in [0.1, 0.15) is 11.6 Å². The van der Waals surface area contributed by atoms with Gasteiger partial charge in [0.2, 0.25) is 0 Å². The van der Waals surface area contributed by atoms with Crippen LogP contribution in [0.15, 0.2) is 75.5 Å². The fourth-order valence-electron chi connectivity index (χ4n) is 5.27. The molecule has 4 nitrogen and oxygen atoms in total. The van der Waals surface area contributed by atoms with Gasteiger partial charge in [0.15, 0.2) is 0 Å². The van der Waals surface area contributed by atoms with Crippen LogP contribution in [0.3, 0.4) is 0 Å². The molecule has 0 aliphatic carbocycles. The van der Waals surface area contributed by atoms with Crippen LogP contribution in [-0.2, 0) is 6.42 Å². The molecule has 2 atom stereocenters. The van der Waals surface area contributed by atoms with E-state index in [-0.39, 0.29) is 7.34 Å². The van der Waals surface area contributed by atoms with Crippen molar-refractivity contribution in [2.24, 2.45) is 15.9 Å². The van der Waals surface area contributed by atoms with Crippen LogP contribution in [0.1, 0.15) is 88.6 Å². The lowest BCUT2D eigenvalue weighted by Gasteiger charge is -2.38. The Bertz CT molecular complexity index is 1110. The first-order valence-electron chi connectivity index (χ1n) is 15.5. The van der Waals surface area contributed by atoms with E-state index in [9.17, 15) is 8.78 Å². The lowest BCUT2D eigenvalue weighted by atomic mass is 9.83. The smallest absolute Gasteiger partial charge is 0.126 e. The number of aryl methyl sites for hydroxylation is 1. The maximum Gasteiger partial charge on any atom is 0.126 e. The first-order chi connectivity index (χ1) is 19.8. The highest BCUT2D eigenvalue weighted by Gasteiger charge is 2.28. The molecule has 3 rings (SSSR count). The van der Waals surface area contributed by atoms with Crippen LogP contribution < -0.4 is 5.32 Å². The number of allylic oxidation sites excluding steroid dienone is 6. The number of halogens is 2. The highest BCUT2D eigenvalue weighted by molar-refractivity contribution is 6.18. The number of nitrogens with one attached hydrogen (secondary N) is 1. The van der Waals surface area contributed by atoms with Crippen LogP contribution in [0.25, 0.3) is 0 Å². The van der Waals surface area contributed by atoms with E-state index in [1.54, 1.807) is 0 Å². The Balaban J connectivity index is 0.00000322. The summed E-state index contributed by atoms with van der Waals surface area (Å²) in [6.07, 6.45) is 8.95. The second-order valence-electron chi connectivity index (χ2n) is 9.94. The number of nitrogens with zero attached hydrogens (tertiary/aromatic N) is 3. The van der Waals surface area contributed by atoms with Crippen molar-refractivity contribution in [3.8, 4) is 0 Å². The van der Waals surface area contributed by atoms with E-state index >= 15 is 0 Å². The van der Waals surface area contributed by atoms with Crippen LogP contribution in [-0.4, -0.2) is 48.5 Å². The molecule has 2 aliphatic heterocycles. The minimum Gasteiger partial charge on any atom is -0.369 e. The van der Waals surface area contributed by atoms with Crippen LogP contribution in [0.2, 0.25) is 0 Å². The van der Waals surface area contributed by atoms with Crippen molar-refractivity contribution in [1.82, 2.24) is 10.2 Å². The third-order valence-electron chi connectivity index (χ3n) is 7.29. The third kappa shape index (κ3) is 10.5. The largest absolute Gasteiger partial charge is 0.369 e. The topological polar surface area (TPSA) is 40.0 Å². The van der Waals surface area contributed by atoms with Crippen LogP contribution >= 0.6 is 0 Å². The van der Waals surface area contributed by atoms with Crippen LogP contribution in [0.4, 0.5) is 8.78 Å². The molecule has 1 fully saturated rings. The molecule has 2 heterocycles. The molecule has 1 unspecified atom stereocenters. The maximum absolute atomic E-state index is 13.8. The van der Waals surface area contributed by atoms with Gasteiger partial charge in [0.25, 0.3) is 0 Å². The summed E-state index contributed by atoms with van der Waals surface area (Å²) < 4.78 is 27.5. The Hall–Kier alpha value is -2.86. The van der Waals surface area contributed by atoms with Gasteiger partial charge >= 0.3 is 0 Å². The van der Waals surface area contributed by atoms with Crippen molar-refractivity contribution in [2.75, 3.05) is 26.2 Å². The summed E-state index contributed by atoms with van der Waals surface area (Å²) in [5.41, 5.74) is 7.24. The van der Waals surface area contributed by atoms with E-state index in [1.807, 2.05) is 40.8 Å². The number of benzene rings is 1. The Morgan fingerprint density at radius 3 is 2.41 bits per heavy atom. The minimum atomic E-state index is -0.536. The molecule has 0 radical (unpaired) electrons. The summed E-state index contributed by atoms with van der Waals surface area (Å²) in [4.78, 5) is 12.3. The predicted octanol–water partition coefficient (Wildman–Crippen LogP) is 9.11. The number of hydrogen-bond acceptors (Lipinski definition) is 4. The van der Waals surface area contributed by atoms with Crippen molar-refractivity contribution in [3.05, 3.63) is 82.7 Å². The summed E-state index contributed by atoms with van der Waals surface area (Å²) >= 11 is 0. The molecule has 0 spiro atoms. The van der Waals surface area contributed by atoms with Crippen molar-refractivity contribution in [1.29, 1.82) is 0 Å². The summed E-state index contributed by atoms with van der Waals surface area (Å²) in [5, 5.41) is 3.49. The number of aliphatic imine (C=N–C) groups is 2. The van der Waals surface area contributed by atoms with Gasteiger partial charge in [0, 0.05) is 74.4 Å². The average Bonchev–Trinajstić information content (AvgIpc) is 3.13. The molecule has 1 saturated heterocycles. The van der Waals surface area contributed by atoms with E-state index < -0.39 is 11.6 Å². The molecule has 41 heavy (non-hydrogen) atoms. The molecular weight excluding hydrogens is 514 g/mol. The van der Waals surface area contributed by atoms with E-state index in [1.165, 1.54) is 17.8 Å². The van der Waals surface area contributed by atoms with Crippen molar-refractivity contribution >= 4 is 11.4 Å². The van der Waals surface area contributed by atoms with Gasteiger partial charge < -0.3 is 10.2 Å². The van der Waals surface area contributed by atoms with Gasteiger partial charge in [-0.1, -0.05) is 58.9 Å². The van der Waals surface area contributed by atoms with Crippen LogP contribution in [0, 0.1) is 17.6 Å². The summed E-state index contributed by atoms with van der Waals surface area (Å²) in [7, 11) is 0. The van der Waals surface area contributed by atoms with Gasteiger partial charge in [-0.25, -0.2) is 8.78 Å². The fourth-order valence-corrected chi connectivity index (χ4v) is 5.27. The molecule has 0 aromatic heterocycles. The Kier molecular flexibility index (Phi) is 17.0. The lowest BCUT2D eigenvalue weighted by Crippen LogP contribution is -2.49. The fraction of sp³-hybridized carbons (Fsp3) is 0.543. The highest BCUT2D eigenvalue weighted by Crippen LogP contribution is 2.31. The minimum absolute atomic E-state index is 0. The second-order valence-corrected chi connectivity index (χ2v) is 9.94. The number of rotatable bonds is 9. The molecule has 2 aliphatic rings. The number of piperazine rings is 1. The molecule has 1 aromatic carbocycles. The van der Waals surface area contributed by atoms with E-state index in [2.05, 4.69) is 56.6 Å². The second kappa shape index (κ2) is 19.3. The first-order valence-corrected chi connectivity index (χ1v) is 15.5. The molecule has 0 saturated carbocycles. The normalized spacial score (nSPS) is 20.2. The standard InChI is InChI=1S/C31H42F2N4.2C2H6.H2/c1-7-28(31-23(5)21(3)11-10-14-36-31)30(24(6)37-16-15-34-20-22(37)4)29(35-8-2)13-9-12-25-17-26(32)19-27(33)18-25;2*1-2;/h7,10,14,17-19,22-23,34H,3,8-9,11-13,15-16,20H2,1-2,4-6H3;2*1-2H3;1H/b28-7+,30-24+,35-29?;;;/t22-,23?;;;/m0.../s1. The molecule has 0 amide bonds. The molecule has 230 valence electrons. The van der Waals surface area contributed by atoms with E-state index in [0.717, 1.165) is 66.7 Å². The van der Waals surface area contributed by atoms with Crippen molar-refractivity contribution in [2.45, 2.75) is 94.0 Å². The predicted molar refractivity (Wildman–Crippen MR) is 177 cm³/mol. The summed E-state index contributed by atoms with van der Waals surface area (Å²) in [6.45, 7) is 26.5. The molecular formula is C35H56F2N4. The average molecular weight is 571 g/mol. The monoisotopic (exact) mass is 570 g/mol. The SMILES string of the molecule is C=C1CC=CN=C(C(=C/C)/C(C(CCCc2cc(F)cc(F)c2)=NCC)=C(/C)N2CCNC[C@@H]2C)C1C.CC.CC.[HH]. The zero-order valence-electron chi connectivity index (χ0n) is 27.1. The van der Waals surface area contributed by atoms with Crippen LogP contribution in [0.5, 0.6) is 0 Å². The van der Waals surface area contributed by atoms with E-state index in [0.29, 0.717) is 31.0 Å². The zero-order chi connectivity index (χ0) is 30.9. The zero-order valence-corrected chi connectivity index (χ0v) is 27.1.